The van der Waals surface area contributed by atoms with E-state index in [2.05, 4.69) is 9.88 Å². The van der Waals surface area contributed by atoms with Gasteiger partial charge in [0, 0.05) is 24.7 Å². The van der Waals surface area contributed by atoms with Crippen LogP contribution in [0.25, 0.3) is 10.9 Å². The van der Waals surface area contributed by atoms with Gasteiger partial charge in [-0.1, -0.05) is 0 Å². The lowest BCUT2D eigenvalue weighted by atomic mass is 10.1. The third-order valence-electron chi connectivity index (χ3n) is 3.32. The predicted octanol–water partition coefficient (Wildman–Crippen LogP) is 3.30. The molecule has 84 valence electrons. The lowest BCUT2D eigenvalue weighted by Gasteiger charge is -2.28. The van der Waals surface area contributed by atoms with Crippen molar-refractivity contribution < 1.29 is 4.39 Å². The molecule has 1 aromatic heterocycles. The molecule has 1 aliphatic heterocycles. The van der Waals surface area contributed by atoms with Crippen LogP contribution in [-0.2, 0) is 0 Å². The summed E-state index contributed by atoms with van der Waals surface area (Å²) in [5, 5.41) is 1.13. The van der Waals surface area contributed by atoms with Crippen molar-refractivity contribution >= 4 is 16.6 Å². The van der Waals surface area contributed by atoms with Crippen molar-refractivity contribution in [1.82, 2.24) is 4.98 Å². The van der Waals surface area contributed by atoms with Gasteiger partial charge in [0.15, 0.2) is 0 Å². The number of benzene rings is 1. The fourth-order valence-corrected chi connectivity index (χ4v) is 2.48. The van der Waals surface area contributed by atoms with Crippen LogP contribution in [-0.4, -0.2) is 18.1 Å². The van der Waals surface area contributed by atoms with E-state index in [1.807, 2.05) is 12.3 Å². The van der Waals surface area contributed by atoms with Crippen LogP contribution < -0.4 is 4.90 Å². The standard InChI is InChI=1S/C13H15FN2/c14-10-4-5-11-12(8-10)15-9-13(11)16-6-2-1-3-7-16/h4-5,8-9,15H,1-3,6-7H2. The molecule has 0 unspecified atom stereocenters. The van der Waals surface area contributed by atoms with Crippen LogP contribution in [0.4, 0.5) is 10.1 Å². The SMILES string of the molecule is Fc1ccc2c(N3CCCCC3)c[nH]c2c1. The van der Waals surface area contributed by atoms with Gasteiger partial charge in [-0.15, -0.1) is 0 Å². The Kier molecular flexibility index (Phi) is 2.31. The molecular weight excluding hydrogens is 203 g/mol. The molecule has 1 N–H and O–H groups in total. The summed E-state index contributed by atoms with van der Waals surface area (Å²) in [6.45, 7) is 2.23. The number of hydrogen-bond donors (Lipinski definition) is 1. The van der Waals surface area contributed by atoms with Gasteiger partial charge in [0.25, 0.3) is 0 Å². The Morgan fingerprint density at radius 1 is 1.12 bits per heavy atom. The second kappa shape index (κ2) is 3.81. The number of anilines is 1. The van der Waals surface area contributed by atoms with Crippen molar-refractivity contribution in [1.29, 1.82) is 0 Å². The zero-order valence-corrected chi connectivity index (χ0v) is 9.17. The van der Waals surface area contributed by atoms with Gasteiger partial charge in [0.2, 0.25) is 0 Å². The summed E-state index contributed by atoms with van der Waals surface area (Å²) < 4.78 is 13.1. The highest BCUT2D eigenvalue weighted by molar-refractivity contribution is 5.92. The summed E-state index contributed by atoms with van der Waals surface area (Å²) >= 11 is 0. The van der Waals surface area contributed by atoms with Gasteiger partial charge >= 0.3 is 0 Å². The minimum atomic E-state index is -0.181. The first-order valence-corrected chi connectivity index (χ1v) is 5.86. The summed E-state index contributed by atoms with van der Waals surface area (Å²) in [5.41, 5.74) is 2.11. The number of nitrogens with one attached hydrogen (secondary N) is 1. The van der Waals surface area contributed by atoms with Crippen LogP contribution in [0.5, 0.6) is 0 Å². The Morgan fingerprint density at radius 2 is 1.94 bits per heavy atom. The van der Waals surface area contributed by atoms with Crippen molar-refractivity contribution in [3.8, 4) is 0 Å². The lowest BCUT2D eigenvalue weighted by molar-refractivity contribution is 0.579. The number of aromatic amines is 1. The van der Waals surface area contributed by atoms with Gasteiger partial charge in [-0.25, -0.2) is 4.39 Å². The molecule has 1 aromatic carbocycles. The number of piperidine rings is 1. The molecule has 3 rings (SSSR count). The number of H-pyrrole nitrogens is 1. The minimum Gasteiger partial charge on any atom is -0.370 e. The second-order valence-corrected chi connectivity index (χ2v) is 4.41. The molecule has 0 amide bonds. The first kappa shape index (κ1) is 9.70. The van der Waals surface area contributed by atoms with Gasteiger partial charge in [-0.2, -0.15) is 0 Å². The van der Waals surface area contributed by atoms with Crippen molar-refractivity contribution in [2.24, 2.45) is 0 Å². The smallest absolute Gasteiger partial charge is 0.125 e. The van der Waals surface area contributed by atoms with Gasteiger partial charge < -0.3 is 9.88 Å². The molecule has 0 radical (unpaired) electrons. The Morgan fingerprint density at radius 3 is 2.75 bits per heavy atom. The van der Waals surface area contributed by atoms with Crippen LogP contribution in [0.15, 0.2) is 24.4 Å². The highest BCUT2D eigenvalue weighted by atomic mass is 19.1. The molecule has 0 spiro atoms. The minimum absolute atomic E-state index is 0.181. The summed E-state index contributed by atoms with van der Waals surface area (Å²) in [5.74, 6) is -0.181. The fraction of sp³-hybridized carbons (Fsp3) is 0.385. The van der Waals surface area contributed by atoms with Crippen LogP contribution in [0, 0.1) is 5.82 Å². The van der Waals surface area contributed by atoms with Crippen LogP contribution in [0.1, 0.15) is 19.3 Å². The molecular formula is C13H15FN2. The van der Waals surface area contributed by atoms with E-state index in [0.717, 1.165) is 24.0 Å². The van der Waals surface area contributed by atoms with Gasteiger partial charge in [-0.05, 0) is 37.5 Å². The Balaban J connectivity index is 2.03. The summed E-state index contributed by atoms with van der Waals surface area (Å²) in [7, 11) is 0. The maximum Gasteiger partial charge on any atom is 0.125 e. The molecule has 0 saturated carbocycles. The lowest BCUT2D eigenvalue weighted by Crippen LogP contribution is -2.29. The number of hydrogen-bond acceptors (Lipinski definition) is 1. The van der Waals surface area contributed by atoms with E-state index in [-0.39, 0.29) is 5.82 Å². The largest absolute Gasteiger partial charge is 0.370 e. The van der Waals surface area contributed by atoms with Crippen molar-refractivity contribution in [3.05, 3.63) is 30.2 Å². The van der Waals surface area contributed by atoms with Crippen LogP contribution >= 0.6 is 0 Å². The molecule has 1 saturated heterocycles. The molecule has 1 fully saturated rings. The average molecular weight is 218 g/mol. The van der Waals surface area contributed by atoms with E-state index in [0.29, 0.717) is 0 Å². The molecule has 16 heavy (non-hydrogen) atoms. The third kappa shape index (κ3) is 1.56. The van der Waals surface area contributed by atoms with E-state index in [1.165, 1.54) is 31.0 Å². The monoisotopic (exact) mass is 218 g/mol. The quantitative estimate of drug-likeness (QED) is 0.778. The van der Waals surface area contributed by atoms with E-state index < -0.39 is 0 Å². The summed E-state index contributed by atoms with van der Waals surface area (Å²) in [4.78, 5) is 5.53. The molecule has 3 heteroatoms. The van der Waals surface area contributed by atoms with E-state index in [9.17, 15) is 4.39 Å². The zero-order valence-electron chi connectivity index (χ0n) is 9.17. The third-order valence-corrected chi connectivity index (χ3v) is 3.32. The predicted molar refractivity (Wildman–Crippen MR) is 64.3 cm³/mol. The number of fused-ring (bicyclic) bond motifs is 1. The summed E-state index contributed by atoms with van der Waals surface area (Å²) in [6, 6.07) is 4.96. The maximum absolute atomic E-state index is 13.1. The average Bonchev–Trinajstić information content (AvgIpc) is 2.73. The van der Waals surface area contributed by atoms with E-state index in [1.54, 1.807) is 6.07 Å². The number of rotatable bonds is 1. The molecule has 0 bridgehead atoms. The van der Waals surface area contributed by atoms with Gasteiger partial charge in [0.1, 0.15) is 5.82 Å². The Bertz CT molecular complexity index is 498. The van der Waals surface area contributed by atoms with E-state index >= 15 is 0 Å². The molecule has 1 aliphatic rings. The zero-order chi connectivity index (χ0) is 11.0. The Hall–Kier alpha value is -1.51. The number of nitrogens with zero attached hydrogens (tertiary/aromatic N) is 1. The highest BCUT2D eigenvalue weighted by Gasteiger charge is 2.14. The van der Waals surface area contributed by atoms with Gasteiger partial charge in [-0.3, -0.25) is 0 Å². The van der Waals surface area contributed by atoms with Gasteiger partial charge in [0.05, 0.1) is 11.2 Å². The number of aromatic nitrogens is 1. The molecule has 0 aliphatic carbocycles. The molecule has 2 nitrogen and oxygen atoms in total. The second-order valence-electron chi connectivity index (χ2n) is 4.41. The van der Waals surface area contributed by atoms with Crippen LogP contribution in [0.2, 0.25) is 0 Å². The maximum atomic E-state index is 13.1. The summed E-state index contributed by atoms with van der Waals surface area (Å²) in [6.07, 6.45) is 5.84. The molecule has 2 aromatic rings. The highest BCUT2D eigenvalue weighted by Crippen LogP contribution is 2.29. The molecule has 0 atom stereocenters. The normalized spacial score (nSPS) is 16.9. The van der Waals surface area contributed by atoms with Crippen molar-refractivity contribution in [2.75, 3.05) is 18.0 Å². The molecule has 2 heterocycles. The first-order chi connectivity index (χ1) is 7.84. The van der Waals surface area contributed by atoms with Crippen molar-refractivity contribution in [3.63, 3.8) is 0 Å². The van der Waals surface area contributed by atoms with Crippen molar-refractivity contribution in [2.45, 2.75) is 19.3 Å². The van der Waals surface area contributed by atoms with Crippen LogP contribution in [0.3, 0.4) is 0 Å². The topological polar surface area (TPSA) is 19.0 Å². The Labute approximate surface area is 94.1 Å². The fourth-order valence-electron chi connectivity index (χ4n) is 2.48. The van der Waals surface area contributed by atoms with E-state index in [4.69, 9.17) is 0 Å². The number of halogens is 1. The first-order valence-electron chi connectivity index (χ1n) is 5.86.